The molecular formula is C37H47NO8. The van der Waals surface area contributed by atoms with Crippen LogP contribution in [0.5, 0.6) is 0 Å². The third-order valence-electron chi connectivity index (χ3n) is 11.3. The molecule has 4 aliphatic carbocycles. The molecule has 9 nitrogen and oxygen atoms in total. The highest BCUT2D eigenvalue weighted by Crippen LogP contribution is 2.51. The number of hydrogen-bond acceptors (Lipinski definition) is 6. The lowest BCUT2D eigenvalue weighted by molar-refractivity contribution is -0.153. The summed E-state index contributed by atoms with van der Waals surface area (Å²) in [7, 11) is 0. The summed E-state index contributed by atoms with van der Waals surface area (Å²) in [6.07, 6.45) is 17.6. The first-order chi connectivity index (χ1) is 22.0. The number of allylic oxidation sites excluding steroid dienone is 5. The fourth-order valence-corrected chi connectivity index (χ4v) is 9.03. The van der Waals surface area contributed by atoms with Crippen LogP contribution in [0.2, 0.25) is 0 Å². The normalized spacial score (nSPS) is 38.0. The fraction of sp³-hybridized carbons (Fsp3) is 0.595. The molecule has 4 saturated carbocycles. The number of carboxylic acids is 2. The van der Waals surface area contributed by atoms with Gasteiger partial charge in [-0.3, -0.25) is 24.1 Å². The summed E-state index contributed by atoms with van der Waals surface area (Å²) in [5, 5.41) is 20.4. The first-order valence-corrected chi connectivity index (χ1v) is 16.8. The van der Waals surface area contributed by atoms with Crippen molar-refractivity contribution in [1.82, 2.24) is 4.90 Å². The number of carboxylic acid groups (broad SMARTS) is 2. The predicted octanol–water partition coefficient (Wildman–Crippen LogP) is 5.59. The molecule has 0 spiro atoms. The van der Waals surface area contributed by atoms with E-state index in [2.05, 4.69) is 19.7 Å². The minimum absolute atomic E-state index is 0.0162. The lowest BCUT2D eigenvalue weighted by Gasteiger charge is -2.31. The number of esters is 1. The average molecular weight is 634 g/mol. The summed E-state index contributed by atoms with van der Waals surface area (Å²) in [5.41, 5.74) is 0.314. The van der Waals surface area contributed by atoms with Crippen molar-refractivity contribution in [3.63, 3.8) is 0 Å². The van der Waals surface area contributed by atoms with Crippen LogP contribution < -0.4 is 0 Å². The molecule has 2 amide bonds. The zero-order valence-corrected chi connectivity index (χ0v) is 26.7. The van der Waals surface area contributed by atoms with Crippen molar-refractivity contribution < 1.29 is 38.9 Å². The number of likely N-dealkylation sites (tertiary alicyclic amines) is 1. The molecule has 11 unspecified atom stereocenters. The number of hydrogen-bond donors (Lipinski definition) is 2. The zero-order valence-electron chi connectivity index (χ0n) is 26.7. The van der Waals surface area contributed by atoms with Gasteiger partial charge in [0, 0.05) is 17.5 Å². The molecule has 5 aliphatic rings. The molecule has 9 heteroatoms. The van der Waals surface area contributed by atoms with E-state index in [1.807, 2.05) is 18.2 Å². The van der Waals surface area contributed by atoms with Crippen LogP contribution in [0.15, 0.2) is 61.8 Å². The number of rotatable bonds is 11. The summed E-state index contributed by atoms with van der Waals surface area (Å²) >= 11 is 0. The number of nitrogens with zero attached hydrogens (tertiary/aromatic N) is 1. The van der Waals surface area contributed by atoms with Gasteiger partial charge in [-0.25, -0.2) is 4.79 Å². The Balaban J connectivity index is 1.32. The van der Waals surface area contributed by atoms with Gasteiger partial charge in [-0.1, -0.05) is 62.3 Å². The Hall–Kier alpha value is -3.75. The van der Waals surface area contributed by atoms with Gasteiger partial charge >= 0.3 is 17.9 Å². The van der Waals surface area contributed by atoms with Crippen LogP contribution in [0.1, 0.15) is 64.7 Å². The maximum Gasteiger partial charge on any atom is 0.333 e. The van der Waals surface area contributed by atoms with E-state index < -0.39 is 53.4 Å². The molecule has 11 atom stereocenters. The molecule has 0 radical (unpaired) electrons. The molecule has 0 aromatic rings. The highest BCUT2D eigenvalue weighted by Gasteiger charge is 2.58. The van der Waals surface area contributed by atoms with E-state index in [4.69, 9.17) is 4.74 Å². The van der Waals surface area contributed by atoms with Crippen molar-refractivity contribution in [2.45, 2.75) is 76.9 Å². The van der Waals surface area contributed by atoms with Gasteiger partial charge in [-0.05, 0) is 75.0 Å². The quantitative estimate of drug-likeness (QED) is 0.130. The van der Waals surface area contributed by atoms with Gasteiger partial charge in [0.05, 0.1) is 23.7 Å². The Bertz CT molecular complexity index is 1340. The average Bonchev–Trinajstić information content (AvgIpc) is 3.76. The molecule has 2 N–H and O–H groups in total. The number of ether oxygens (including phenoxy) is 1. The van der Waals surface area contributed by atoms with E-state index in [1.165, 1.54) is 4.90 Å². The minimum atomic E-state index is -1.17. The predicted molar refractivity (Wildman–Crippen MR) is 171 cm³/mol. The van der Waals surface area contributed by atoms with Crippen LogP contribution in [0.4, 0.5) is 0 Å². The summed E-state index contributed by atoms with van der Waals surface area (Å²) in [6.45, 7) is 13.1. The molecule has 0 aromatic heterocycles. The first kappa shape index (κ1) is 33.6. The number of carbonyl (C=O) groups excluding carboxylic acids is 3. The second kappa shape index (κ2) is 13.9. The van der Waals surface area contributed by atoms with Gasteiger partial charge in [0.2, 0.25) is 11.8 Å². The second-order valence-corrected chi connectivity index (χ2v) is 14.1. The van der Waals surface area contributed by atoms with E-state index in [-0.39, 0.29) is 47.6 Å². The van der Waals surface area contributed by atoms with Crippen LogP contribution in [0, 0.1) is 59.2 Å². The molecule has 1 saturated heterocycles. The van der Waals surface area contributed by atoms with Crippen LogP contribution in [0.25, 0.3) is 0 Å². The number of aliphatic carboxylic acids is 2. The molecule has 1 heterocycles. The summed E-state index contributed by atoms with van der Waals surface area (Å²) in [6, 6.07) is -0.0559. The topological polar surface area (TPSA) is 138 Å². The van der Waals surface area contributed by atoms with Gasteiger partial charge in [0.25, 0.3) is 0 Å². The van der Waals surface area contributed by atoms with E-state index in [9.17, 15) is 34.2 Å². The highest BCUT2D eigenvalue weighted by molar-refractivity contribution is 6.06. The molecule has 5 rings (SSSR count). The monoisotopic (exact) mass is 633 g/mol. The highest BCUT2D eigenvalue weighted by atomic mass is 16.5. The zero-order chi connectivity index (χ0) is 33.3. The van der Waals surface area contributed by atoms with Gasteiger partial charge in [-0.2, -0.15) is 0 Å². The smallest absolute Gasteiger partial charge is 0.333 e. The molecule has 0 aromatic carbocycles. The Labute approximate surface area is 271 Å². The van der Waals surface area contributed by atoms with Crippen molar-refractivity contribution in [1.29, 1.82) is 0 Å². The second-order valence-electron chi connectivity index (χ2n) is 14.1. The Kier molecular flexibility index (Phi) is 10.2. The number of fused-ring (bicyclic) bond motifs is 1. The Morgan fingerprint density at radius 3 is 1.80 bits per heavy atom. The van der Waals surface area contributed by atoms with Crippen molar-refractivity contribution in [3.05, 3.63) is 61.8 Å². The molecule has 5 fully saturated rings. The van der Waals surface area contributed by atoms with Crippen LogP contribution in [-0.4, -0.2) is 57.0 Å². The first-order valence-electron chi connectivity index (χ1n) is 16.8. The number of imide groups is 1. The van der Waals surface area contributed by atoms with E-state index in [0.29, 0.717) is 31.3 Å². The van der Waals surface area contributed by atoms with Crippen molar-refractivity contribution in [2.75, 3.05) is 0 Å². The van der Waals surface area contributed by atoms with Crippen molar-refractivity contribution in [2.24, 2.45) is 59.2 Å². The van der Waals surface area contributed by atoms with E-state index in [1.54, 1.807) is 25.2 Å². The Morgan fingerprint density at radius 1 is 0.739 bits per heavy atom. The van der Waals surface area contributed by atoms with Gasteiger partial charge < -0.3 is 14.9 Å². The molecule has 248 valence electrons. The third-order valence-corrected chi connectivity index (χ3v) is 11.3. The SMILES string of the molecule is C=CC1CC(/C=C\C2CC(/C=C\C3CC(C=C)C4C(=O)N(C5CCCCC5)C(=O)C34)C(C(=O)O)C2C(=O)O)CC1OC(=O)C(=C)C. The van der Waals surface area contributed by atoms with Crippen LogP contribution in [-0.2, 0) is 28.7 Å². The molecular weight excluding hydrogens is 586 g/mol. The van der Waals surface area contributed by atoms with Crippen LogP contribution in [0.3, 0.4) is 0 Å². The van der Waals surface area contributed by atoms with Gasteiger partial charge in [-0.15, -0.1) is 13.2 Å². The Morgan fingerprint density at radius 2 is 1.26 bits per heavy atom. The number of amides is 2. The summed E-state index contributed by atoms with van der Waals surface area (Å²) in [5.74, 6) is -7.72. The van der Waals surface area contributed by atoms with Crippen molar-refractivity contribution >= 4 is 29.7 Å². The van der Waals surface area contributed by atoms with Gasteiger partial charge in [0.1, 0.15) is 6.10 Å². The van der Waals surface area contributed by atoms with Crippen molar-refractivity contribution in [3.8, 4) is 0 Å². The third kappa shape index (κ3) is 6.42. The largest absolute Gasteiger partial charge is 0.481 e. The minimum Gasteiger partial charge on any atom is -0.481 e. The molecule has 46 heavy (non-hydrogen) atoms. The standard InChI is InChI=1S/C37H47NO8/c1-5-22-16-21(17-28(22)46-37(45)20(3)4)12-13-25-19-26(32(36(43)44)31(25)35(41)42)15-14-24-18-23(6-2)29-30(24)34(40)38(33(29)39)27-10-8-7-9-11-27/h5-6,12-15,21-32H,1-3,7-11,16-19H2,4H3,(H,41,42)(H,43,44)/b13-12-,15-14-. The summed E-state index contributed by atoms with van der Waals surface area (Å²) in [4.78, 5) is 65.9. The lowest BCUT2D eigenvalue weighted by Crippen LogP contribution is -2.43. The molecule has 1 aliphatic heterocycles. The van der Waals surface area contributed by atoms with E-state index in [0.717, 1.165) is 32.1 Å². The van der Waals surface area contributed by atoms with Gasteiger partial charge in [0.15, 0.2) is 0 Å². The number of carbonyl (C=O) groups is 5. The maximum absolute atomic E-state index is 13.7. The summed E-state index contributed by atoms with van der Waals surface area (Å²) < 4.78 is 5.61. The van der Waals surface area contributed by atoms with Crippen LogP contribution >= 0.6 is 0 Å². The molecule has 0 bridgehead atoms. The van der Waals surface area contributed by atoms with E-state index >= 15 is 0 Å². The maximum atomic E-state index is 13.7. The fourth-order valence-electron chi connectivity index (χ4n) is 9.03. The lowest BCUT2D eigenvalue weighted by atomic mass is 9.85.